The predicted molar refractivity (Wildman–Crippen MR) is 108 cm³/mol. The molecule has 138 valence electrons. The van der Waals surface area contributed by atoms with Gasteiger partial charge in [0.15, 0.2) is 0 Å². The minimum absolute atomic E-state index is 0.261. The first-order chi connectivity index (χ1) is 12.4. The van der Waals surface area contributed by atoms with Crippen LogP contribution in [0.25, 0.3) is 0 Å². The van der Waals surface area contributed by atoms with E-state index in [2.05, 4.69) is 44.4 Å². The molecule has 0 aliphatic rings. The fourth-order valence-electron chi connectivity index (χ4n) is 2.65. The molecule has 0 saturated heterocycles. The number of amides is 3. The maximum atomic E-state index is 12.0. The minimum Gasteiger partial charge on any atom is -0.334 e. The number of urea groups is 1. The molecule has 2 N–H and O–H groups in total. The Hall–Kier alpha value is -2.27. The van der Waals surface area contributed by atoms with Crippen molar-refractivity contribution in [3.8, 4) is 0 Å². The van der Waals surface area contributed by atoms with Gasteiger partial charge in [0.05, 0.1) is 0 Å². The van der Waals surface area contributed by atoms with Crippen molar-refractivity contribution < 1.29 is 9.59 Å². The number of thioether (sulfide) groups is 1. The number of rotatable bonds is 6. The first-order valence-electron chi connectivity index (χ1n) is 8.70. The molecule has 4 nitrogen and oxygen atoms in total. The van der Waals surface area contributed by atoms with E-state index in [1.54, 1.807) is 11.8 Å². The Morgan fingerprint density at radius 1 is 0.962 bits per heavy atom. The third-order valence-electron chi connectivity index (χ3n) is 4.42. The zero-order valence-corrected chi connectivity index (χ0v) is 16.6. The number of hydrogen-bond acceptors (Lipinski definition) is 3. The Bertz CT molecular complexity index is 762. The second kappa shape index (κ2) is 9.43. The highest BCUT2D eigenvalue weighted by atomic mass is 32.2. The molecule has 0 radical (unpaired) electrons. The summed E-state index contributed by atoms with van der Waals surface area (Å²) in [6, 6.07) is 11.3. The zero-order chi connectivity index (χ0) is 19.1. The van der Waals surface area contributed by atoms with E-state index in [0.29, 0.717) is 18.7 Å². The van der Waals surface area contributed by atoms with Crippen LogP contribution in [0.5, 0.6) is 0 Å². The van der Waals surface area contributed by atoms with Crippen molar-refractivity contribution in [1.29, 1.82) is 0 Å². The molecule has 0 aliphatic heterocycles. The van der Waals surface area contributed by atoms with Crippen LogP contribution in [-0.2, 0) is 11.3 Å². The number of carbonyl (C=O) groups is 2. The Labute approximate surface area is 159 Å². The average Bonchev–Trinajstić information content (AvgIpc) is 2.62. The van der Waals surface area contributed by atoms with Gasteiger partial charge in [-0.3, -0.25) is 10.1 Å². The van der Waals surface area contributed by atoms with E-state index in [1.165, 1.54) is 27.1 Å². The van der Waals surface area contributed by atoms with Gasteiger partial charge in [-0.25, -0.2) is 4.79 Å². The van der Waals surface area contributed by atoms with E-state index < -0.39 is 6.03 Å². The fourth-order valence-corrected chi connectivity index (χ4v) is 3.90. The number of benzene rings is 2. The highest BCUT2D eigenvalue weighted by Crippen LogP contribution is 2.31. The molecule has 0 unspecified atom stereocenters. The van der Waals surface area contributed by atoms with Crippen molar-refractivity contribution in [2.75, 3.05) is 5.75 Å². The van der Waals surface area contributed by atoms with Crippen molar-refractivity contribution in [2.45, 2.75) is 45.6 Å². The van der Waals surface area contributed by atoms with E-state index in [-0.39, 0.29) is 5.91 Å². The van der Waals surface area contributed by atoms with Gasteiger partial charge in [-0.1, -0.05) is 36.4 Å². The summed E-state index contributed by atoms with van der Waals surface area (Å²) < 4.78 is 0. The van der Waals surface area contributed by atoms with Gasteiger partial charge >= 0.3 is 6.03 Å². The average molecular weight is 371 g/mol. The maximum Gasteiger partial charge on any atom is 0.321 e. The van der Waals surface area contributed by atoms with Crippen LogP contribution < -0.4 is 10.6 Å². The summed E-state index contributed by atoms with van der Waals surface area (Å²) in [7, 11) is 0. The molecule has 0 spiro atoms. The molecule has 3 amide bonds. The van der Waals surface area contributed by atoms with Gasteiger partial charge in [0, 0.05) is 23.6 Å². The minimum atomic E-state index is -0.456. The van der Waals surface area contributed by atoms with Gasteiger partial charge in [0.2, 0.25) is 5.91 Å². The topological polar surface area (TPSA) is 58.2 Å². The molecule has 0 aliphatic carbocycles. The number of carbonyl (C=O) groups excluding carboxylic acids is 2. The van der Waals surface area contributed by atoms with Gasteiger partial charge < -0.3 is 5.32 Å². The maximum absolute atomic E-state index is 12.0. The molecular weight excluding hydrogens is 344 g/mol. The van der Waals surface area contributed by atoms with E-state index in [4.69, 9.17) is 0 Å². The summed E-state index contributed by atoms with van der Waals surface area (Å²) in [5, 5.41) is 5.08. The SMILES string of the molecule is Cc1cc(C)c(C)c(SCCC(=O)NC(=O)NCc2ccccc2)c1C. The lowest BCUT2D eigenvalue weighted by atomic mass is 10.0. The van der Waals surface area contributed by atoms with Gasteiger partial charge in [-0.05, 0) is 55.5 Å². The van der Waals surface area contributed by atoms with E-state index in [1.807, 2.05) is 30.3 Å². The van der Waals surface area contributed by atoms with Crippen molar-refractivity contribution >= 4 is 23.7 Å². The number of aryl methyl sites for hydroxylation is 2. The lowest BCUT2D eigenvalue weighted by Gasteiger charge is -2.14. The van der Waals surface area contributed by atoms with Crippen LogP contribution in [0.1, 0.15) is 34.2 Å². The second-order valence-electron chi connectivity index (χ2n) is 6.40. The first-order valence-corrected chi connectivity index (χ1v) is 9.69. The first kappa shape index (κ1) is 20.0. The highest BCUT2D eigenvalue weighted by molar-refractivity contribution is 7.99. The quantitative estimate of drug-likeness (QED) is 0.740. The lowest BCUT2D eigenvalue weighted by Crippen LogP contribution is -2.39. The van der Waals surface area contributed by atoms with E-state index >= 15 is 0 Å². The Morgan fingerprint density at radius 3 is 2.19 bits per heavy atom. The number of imide groups is 1. The summed E-state index contributed by atoms with van der Waals surface area (Å²) >= 11 is 1.68. The van der Waals surface area contributed by atoms with Crippen molar-refractivity contribution in [3.63, 3.8) is 0 Å². The second-order valence-corrected chi connectivity index (χ2v) is 7.51. The molecule has 0 atom stereocenters. The van der Waals surface area contributed by atoms with E-state index in [9.17, 15) is 9.59 Å². The zero-order valence-electron chi connectivity index (χ0n) is 15.8. The third kappa shape index (κ3) is 5.63. The molecule has 5 heteroatoms. The molecule has 0 bridgehead atoms. The molecule has 26 heavy (non-hydrogen) atoms. The van der Waals surface area contributed by atoms with E-state index in [0.717, 1.165) is 5.56 Å². The standard InChI is InChI=1S/C21H26N2O2S/c1-14-12-15(2)17(4)20(16(14)3)26-11-10-19(24)23-21(25)22-13-18-8-6-5-7-9-18/h5-9,12H,10-11,13H2,1-4H3,(H2,22,23,24,25). The van der Waals surface area contributed by atoms with Gasteiger partial charge in [-0.2, -0.15) is 0 Å². The van der Waals surface area contributed by atoms with Gasteiger partial charge in [0.1, 0.15) is 0 Å². The van der Waals surface area contributed by atoms with Gasteiger partial charge in [0.25, 0.3) is 0 Å². The van der Waals surface area contributed by atoms with Crippen LogP contribution in [-0.4, -0.2) is 17.7 Å². The van der Waals surface area contributed by atoms with Crippen LogP contribution in [0.4, 0.5) is 4.79 Å². The third-order valence-corrected chi connectivity index (χ3v) is 5.73. The lowest BCUT2D eigenvalue weighted by molar-refractivity contribution is -0.119. The molecule has 0 saturated carbocycles. The largest absolute Gasteiger partial charge is 0.334 e. The highest BCUT2D eigenvalue weighted by Gasteiger charge is 2.11. The van der Waals surface area contributed by atoms with Crippen LogP contribution in [0.15, 0.2) is 41.3 Å². The van der Waals surface area contributed by atoms with Crippen molar-refractivity contribution in [1.82, 2.24) is 10.6 Å². The molecular formula is C21H26N2O2S. The number of nitrogens with one attached hydrogen (secondary N) is 2. The fraction of sp³-hybridized carbons (Fsp3) is 0.333. The Kier molecular flexibility index (Phi) is 7.27. The molecule has 0 heterocycles. The summed E-state index contributed by atoms with van der Waals surface area (Å²) in [6.07, 6.45) is 0.301. The molecule has 2 aromatic rings. The van der Waals surface area contributed by atoms with Gasteiger partial charge in [-0.15, -0.1) is 11.8 Å². The summed E-state index contributed by atoms with van der Waals surface area (Å²) in [6.45, 7) is 8.84. The smallest absolute Gasteiger partial charge is 0.321 e. The normalized spacial score (nSPS) is 10.5. The van der Waals surface area contributed by atoms with Crippen molar-refractivity contribution in [2.24, 2.45) is 0 Å². The molecule has 0 fully saturated rings. The van der Waals surface area contributed by atoms with Crippen LogP contribution >= 0.6 is 11.8 Å². The van der Waals surface area contributed by atoms with Crippen LogP contribution in [0, 0.1) is 27.7 Å². The van der Waals surface area contributed by atoms with Crippen LogP contribution in [0.2, 0.25) is 0 Å². The summed E-state index contributed by atoms with van der Waals surface area (Å²) in [5.41, 5.74) is 6.05. The number of hydrogen-bond donors (Lipinski definition) is 2. The molecule has 0 aromatic heterocycles. The Morgan fingerprint density at radius 2 is 1.58 bits per heavy atom. The Balaban J connectivity index is 1.78. The van der Waals surface area contributed by atoms with Crippen molar-refractivity contribution in [3.05, 3.63) is 64.2 Å². The van der Waals surface area contributed by atoms with Crippen LogP contribution in [0.3, 0.4) is 0 Å². The predicted octanol–water partition coefficient (Wildman–Crippen LogP) is 4.43. The molecule has 2 rings (SSSR count). The monoisotopic (exact) mass is 370 g/mol. The molecule has 2 aromatic carbocycles. The summed E-state index contributed by atoms with van der Waals surface area (Å²) in [5.74, 6) is 0.380. The summed E-state index contributed by atoms with van der Waals surface area (Å²) in [4.78, 5) is 25.0.